The number of para-hydroxylation sites is 1. The lowest BCUT2D eigenvalue weighted by Crippen LogP contribution is -2.18. The molecule has 1 N–H and O–H groups in total. The fourth-order valence-electron chi connectivity index (χ4n) is 2.27. The summed E-state index contributed by atoms with van der Waals surface area (Å²) in [4.78, 5) is 1.99. The Morgan fingerprint density at radius 1 is 1.14 bits per heavy atom. The number of nitrogens with one attached hydrogen (secondary N) is 1. The lowest BCUT2D eigenvalue weighted by molar-refractivity contribution is 0.628. The molecular formula is C17H20ClFN2. The summed E-state index contributed by atoms with van der Waals surface area (Å²) in [5, 5.41) is 4.08. The Morgan fingerprint density at radius 2 is 1.86 bits per heavy atom. The van der Waals surface area contributed by atoms with Crippen LogP contribution in [0.2, 0.25) is 5.02 Å². The summed E-state index contributed by atoms with van der Waals surface area (Å²) >= 11 is 6.37. The van der Waals surface area contributed by atoms with Crippen LogP contribution in [0.3, 0.4) is 0 Å². The van der Waals surface area contributed by atoms with Crippen molar-refractivity contribution >= 4 is 23.0 Å². The Kier molecular flexibility index (Phi) is 5.59. The molecule has 0 aliphatic rings. The van der Waals surface area contributed by atoms with Crippen LogP contribution < -0.4 is 10.2 Å². The average molecular weight is 307 g/mol. The molecule has 112 valence electrons. The van der Waals surface area contributed by atoms with E-state index in [1.165, 1.54) is 12.1 Å². The van der Waals surface area contributed by atoms with Crippen LogP contribution >= 0.6 is 11.6 Å². The molecule has 0 atom stereocenters. The summed E-state index contributed by atoms with van der Waals surface area (Å²) in [6.07, 6.45) is 1.09. The number of nitrogens with zero attached hydrogens (tertiary/aromatic N) is 1. The van der Waals surface area contributed by atoms with Crippen molar-refractivity contribution in [1.82, 2.24) is 5.32 Å². The van der Waals surface area contributed by atoms with Crippen LogP contribution in [-0.2, 0) is 6.54 Å². The first-order chi connectivity index (χ1) is 10.1. The van der Waals surface area contributed by atoms with E-state index < -0.39 is 0 Å². The third kappa shape index (κ3) is 3.96. The number of anilines is 2. The highest BCUT2D eigenvalue weighted by molar-refractivity contribution is 6.33. The Hall–Kier alpha value is -1.58. The molecule has 2 nitrogen and oxygen atoms in total. The van der Waals surface area contributed by atoms with Gasteiger partial charge in [0.1, 0.15) is 5.82 Å². The molecule has 0 aromatic heterocycles. The second kappa shape index (κ2) is 7.43. The first-order valence-electron chi connectivity index (χ1n) is 7.11. The Bertz CT molecular complexity index is 584. The van der Waals surface area contributed by atoms with E-state index in [0.717, 1.165) is 36.4 Å². The van der Waals surface area contributed by atoms with Gasteiger partial charge in [-0.1, -0.05) is 30.7 Å². The molecule has 2 rings (SSSR count). The summed E-state index contributed by atoms with van der Waals surface area (Å²) in [6.45, 7) is 3.86. The molecule has 4 heteroatoms. The fraction of sp³-hybridized carbons (Fsp3) is 0.294. The number of halogens is 2. The zero-order valence-electron chi connectivity index (χ0n) is 12.4. The van der Waals surface area contributed by atoms with Crippen LogP contribution in [0.5, 0.6) is 0 Å². The predicted octanol–water partition coefficient (Wildman–Crippen LogP) is 4.75. The van der Waals surface area contributed by atoms with Crippen molar-refractivity contribution in [3.63, 3.8) is 0 Å². The summed E-state index contributed by atoms with van der Waals surface area (Å²) in [6, 6.07) is 12.3. The van der Waals surface area contributed by atoms with Crippen LogP contribution in [0.1, 0.15) is 18.9 Å². The van der Waals surface area contributed by atoms with Gasteiger partial charge in [-0.05, 0) is 48.9 Å². The van der Waals surface area contributed by atoms with Gasteiger partial charge in [-0.15, -0.1) is 0 Å². The molecule has 21 heavy (non-hydrogen) atoms. The summed E-state index contributed by atoms with van der Waals surface area (Å²) in [7, 11) is 1.94. The van der Waals surface area contributed by atoms with Crippen molar-refractivity contribution in [3.8, 4) is 0 Å². The highest BCUT2D eigenvalue weighted by atomic mass is 35.5. The molecule has 2 aromatic carbocycles. The van der Waals surface area contributed by atoms with Crippen molar-refractivity contribution in [2.45, 2.75) is 19.9 Å². The van der Waals surface area contributed by atoms with Crippen LogP contribution in [0.4, 0.5) is 15.8 Å². The van der Waals surface area contributed by atoms with Crippen molar-refractivity contribution in [1.29, 1.82) is 0 Å². The maximum absolute atomic E-state index is 13.1. The van der Waals surface area contributed by atoms with Crippen molar-refractivity contribution < 1.29 is 4.39 Å². The van der Waals surface area contributed by atoms with E-state index in [0.29, 0.717) is 5.02 Å². The molecule has 2 aromatic rings. The minimum Gasteiger partial charge on any atom is -0.343 e. The monoisotopic (exact) mass is 306 g/mol. The molecule has 0 bridgehead atoms. The number of hydrogen-bond acceptors (Lipinski definition) is 2. The summed E-state index contributed by atoms with van der Waals surface area (Å²) in [5.74, 6) is -0.240. The van der Waals surface area contributed by atoms with E-state index in [2.05, 4.69) is 18.3 Å². The van der Waals surface area contributed by atoms with Crippen molar-refractivity contribution in [2.24, 2.45) is 0 Å². The van der Waals surface area contributed by atoms with Crippen LogP contribution in [0, 0.1) is 5.82 Å². The lowest BCUT2D eigenvalue weighted by atomic mass is 10.1. The molecule has 0 spiro atoms. The molecule has 0 aliphatic heterocycles. The van der Waals surface area contributed by atoms with Gasteiger partial charge >= 0.3 is 0 Å². The molecule has 0 amide bonds. The molecular weight excluding hydrogens is 287 g/mol. The molecule has 0 heterocycles. The summed E-state index contributed by atoms with van der Waals surface area (Å²) < 4.78 is 13.1. The summed E-state index contributed by atoms with van der Waals surface area (Å²) in [5.41, 5.74) is 2.98. The van der Waals surface area contributed by atoms with Gasteiger partial charge < -0.3 is 10.2 Å². The minimum absolute atomic E-state index is 0.240. The smallest absolute Gasteiger partial charge is 0.123 e. The van der Waals surface area contributed by atoms with Gasteiger partial charge in [-0.2, -0.15) is 0 Å². The van der Waals surface area contributed by atoms with E-state index in [-0.39, 0.29) is 5.82 Å². The first kappa shape index (κ1) is 15.8. The molecule has 0 saturated carbocycles. The number of rotatable bonds is 6. The van der Waals surface area contributed by atoms with Crippen LogP contribution in [-0.4, -0.2) is 13.6 Å². The van der Waals surface area contributed by atoms with Crippen LogP contribution in [0.25, 0.3) is 0 Å². The highest BCUT2D eigenvalue weighted by Gasteiger charge is 2.13. The van der Waals surface area contributed by atoms with Gasteiger partial charge in [0, 0.05) is 19.3 Å². The Morgan fingerprint density at radius 3 is 2.52 bits per heavy atom. The Balaban J connectivity index is 2.30. The van der Waals surface area contributed by atoms with Gasteiger partial charge in [0.25, 0.3) is 0 Å². The van der Waals surface area contributed by atoms with E-state index in [9.17, 15) is 4.39 Å². The van der Waals surface area contributed by atoms with Gasteiger partial charge in [0.05, 0.1) is 10.7 Å². The standard InChI is InChI=1S/C17H20ClFN2/c1-3-11-20-12-13-5-4-6-16(18)17(13)21(2)15-9-7-14(19)8-10-15/h4-10,20H,3,11-12H2,1-2H3. The molecule has 0 saturated heterocycles. The first-order valence-corrected chi connectivity index (χ1v) is 7.48. The lowest BCUT2D eigenvalue weighted by Gasteiger charge is -2.24. The zero-order valence-corrected chi connectivity index (χ0v) is 13.1. The maximum atomic E-state index is 13.1. The second-order valence-electron chi connectivity index (χ2n) is 4.96. The normalized spacial score (nSPS) is 10.7. The number of benzene rings is 2. The van der Waals surface area contributed by atoms with E-state index in [4.69, 9.17) is 11.6 Å². The molecule has 0 radical (unpaired) electrons. The second-order valence-corrected chi connectivity index (χ2v) is 5.37. The molecule has 0 unspecified atom stereocenters. The van der Waals surface area contributed by atoms with Crippen molar-refractivity contribution in [3.05, 3.63) is 58.9 Å². The molecule has 0 fully saturated rings. The van der Waals surface area contributed by atoms with Gasteiger partial charge in [-0.3, -0.25) is 0 Å². The zero-order chi connectivity index (χ0) is 15.2. The minimum atomic E-state index is -0.240. The van der Waals surface area contributed by atoms with Crippen molar-refractivity contribution in [2.75, 3.05) is 18.5 Å². The third-order valence-electron chi connectivity index (χ3n) is 3.36. The van der Waals surface area contributed by atoms with Gasteiger partial charge in [0.15, 0.2) is 0 Å². The maximum Gasteiger partial charge on any atom is 0.123 e. The quantitative estimate of drug-likeness (QED) is 0.775. The topological polar surface area (TPSA) is 15.3 Å². The van der Waals surface area contributed by atoms with E-state index in [1.807, 2.05) is 24.1 Å². The predicted molar refractivity (Wildman–Crippen MR) is 87.9 cm³/mol. The van der Waals surface area contributed by atoms with Crippen LogP contribution in [0.15, 0.2) is 42.5 Å². The molecule has 0 aliphatic carbocycles. The average Bonchev–Trinajstić information content (AvgIpc) is 2.48. The third-order valence-corrected chi connectivity index (χ3v) is 3.67. The van der Waals surface area contributed by atoms with Gasteiger partial charge in [0.2, 0.25) is 0 Å². The fourth-order valence-corrected chi connectivity index (χ4v) is 2.59. The highest BCUT2D eigenvalue weighted by Crippen LogP contribution is 2.34. The van der Waals surface area contributed by atoms with E-state index in [1.54, 1.807) is 12.1 Å². The Labute approximate surface area is 130 Å². The SMILES string of the molecule is CCCNCc1cccc(Cl)c1N(C)c1ccc(F)cc1. The van der Waals surface area contributed by atoms with Gasteiger partial charge in [-0.25, -0.2) is 4.39 Å². The number of hydrogen-bond donors (Lipinski definition) is 1. The largest absolute Gasteiger partial charge is 0.343 e. The van der Waals surface area contributed by atoms with E-state index >= 15 is 0 Å².